The molecular formula is C12H16N2O2. The average Bonchev–Trinajstić information content (AvgIpc) is 2.15. The summed E-state index contributed by atoms with van der Waals surface area (Å²) in [6.07, 6.45) is 4.39. The van der Waals surface area contributed by atoms with E-state index in [9.17, 15) is 4.79 Å². The van der Waals surface area contributed by atoms with Crippen LogP contribution in [-0.4, -0.2) is 16.6 Å². The molecule has 0 saturated carbocycles. The van der Waals surface area contributed by atoms with Crippen molar-refractivity contribution in [2.24, 2.45) is 0 Å². The molecule has 0 fully saturated rings. The van der Waals surface area contributed by atoms with Gasteiger partial charge in [-0.1, -0.05) is 13.8 Å². The molecule has 0 radical (unpaired) electrons. The van der Waals surface area contributed by atoms with Gasteiger partial charge in [0, 0.05) is 23.6 Å². The van der Waals surface area contributed by atoms with E-state index in [-0.39, 0.29) is 11.1 Å². The number of hydrogen-bond donors (Lipinski definition) is 1. The van der Waals surface area contributed by atoms with Crippen molar-refractivity contribution < 1.29 is 4.74 Å². The van der Waals surface area contributed by atoms with Crippen LogP contribution >= 0.6 is 0 Å². The van der Waals surface area contributed by atoms with Gasteiger partial charge in [-0.25, -0.2) is 9.78 Å². The molecule has 4 nitrogen and oxygen atoms in total. The Bertz CT molecular complexity index is 486. The van der Waals surface area contributed by atoms with E-state index in [2.05, 4.69) is 23.8 Å². The lowest BCUT2D eigenvalue weighted by atomic mass is 9.77. The molecule has 86 valence electrons. The molecule has 0 aliphatic heterocycles. The predicted molar refractivity (Wildman–Crippen MR) is 62.1 cm³/mol. The Morgan fingerprint density at radius 3 is 3.00 bits per heavy atom. The van der Waals surface area contributed by atoms with Crippen molar-refractivity contribution >= 4 is 6.08 Å². The summed E-state index contributed by atoms with van der Waals surface area (Å²) in [7, 11) is 0. The topological polar surface area (TPSA) is 55.0 Å². The summed E-state index contributed by atoms with van der Waals surface area (Å²) in [6, 6.07) is 0. The van der Waals surface area contributed by atoms with Crippen molar-refractivity contribution in [1.29, 1.82) is 0 Å². The van der Waals surface area contributed by atoms with Crippen LogP contribution in [0.15, 0.2) is 16.8 Å². The monoisotopic (exact) mass is 220 g/mol. The molecule has 0 bridgehead atoms. The van der Waals surface area contributed by atoms with Crippen molar-refractivity contribution in [2.75, 3.05) is 6.61 Å². The Morgan fingerprint density at radius 2 is 2.31 bits per heavy atom. The Balaban J connectivity index is 2.53. The van der Waals surface area contributed by atoms with E-state index in [0.717, 1.165) is 23.4 Å². The second kappa shape index (κ2) is 3.77. The minimum atomic E-state index is -0.316. The fourth-order valence-electron chi connectivity index (χ4n) is 2.08. The highest BCUT2D eigenvalue weighted by Gasteiger charge is 2.30. The lowest BCUT2D eigenvalue weighted by Gasteiger charge is -2.31. The SMILES string of the molecule is CCOC1=Cc2[nH]c(=O)ncc2C(C)(C)C1. The van der Waals surface area contributed by atoms with Gasteiger partial charge < -0.3 is 9.72 Å². The number of nitrogens with zero attached hydrogens (tertiary/aromatic N) is 1. The molecule has 1 aliphatic carbocycles. The average molecular weight is 220 g/mol. The van der Waals surface area contributed by atoms with Gasteiger partial charge in [-0.3, -0.25) is 0 Å². The van der Waals surface area contributed by atoms with Gasteiger partial charge in [-0.05, 0) is 13.0 Å². The quantitative estimate of drug-likeness (QED) is 0.827. The maximum atomic E-state index is 11.2. The minimum absolute atomic E-state index is 0.0498. The summed E-state index contributed by atoms with van der Waals surface area (Å²) in [4.78, 5) is 17.7. The Morgan fingerprint density at radius 1 is 1.56 bits per heavy atom. The number of aromatic nitrogens is 2. The van der Waals surface area contributed by atoms with Crippen LogP contribution in [0.5, 0.6) is 0 Å². The fourth-order valence-corrected chi connectivity index (χ4v) is 2.08. The summed E-state index contributed by atoms with van der Waals surface area (Å²) < 4.78 is 5.53. The Kier molecular flexibility index (Phi) is 2.58. The molecule has 0 spiro atoms. The number of allylic oxidation sites excluding steroid dienone is 1. The van der Waals surface area contributed by atoms with E-state index >= 15 is 0 Å². The van der Waals surface area contributed by atoms with Crippen LogP contribution in [0, 0.1) is 0 Å². The number of nitrogens with one attached hydrogen (secondary N) is 1. The Labute approximate surface area is 94.4 Å². The lowest BCUT2D eigenvalue weighted by molar-refractivity contribution is 0.205. The first-order valence-electron chi connectivity index (χ1n) is 5.46. The number of ether oxygens (including phenoxy) is 1. The number of rotatable bonds is 2. The molecule has 0 saturated heterocycles. The van der Waals surface area contributed by atoms with Crippen LogP contribution in [0.25, 0.3) is 6.08 Å². The van der Waals surface area contributed by atoms with Gasteiger partial charge in [-0.15, -0.1) is 0 Å². The molecule has 0 aromatic carbocycles. The highest BCUT2D eigenvalue weighted by molar-refractivity contribution is 5.56. The van der Waals surface area contributed by atoms with Crippen molar-refractivity contribution in [1.82, 2.24) is 9.97 Å². The third kappa shape index (κ3) is 1.87. The fraction of sp³-hybridized carbons (Fsp3) is 0.500. The lowest BCUT2D eigenvalue weighted by Crippen LogP contribution is -2.27. The van der Waals surface area contributed by atoms with E-state index in [0.29, 0.717) is 6.61 Å². The Hall–Kier alpha value is -1.58. The van der Waals surface area contributed by atoms with Crippen LogP contribution < -0.4 is 5.69 Å². The third-order valence-corrected chi connectivity index (χ3v) is 2.82. The van der Waals surface area contributed by atoms with Crippen molar-refractivity contribution in [3.63, 3.8) is 0 Å². The van der Waals surface area contributed by atoms with Crippen molar-refractivity contribution in [3.8, 4) is 0 Å². The second-order valence-electron chi connectivity index (χ2n) is 4.62. The molecule has 1 N–H and O–H groups in total. The molecule has 4 heteroatoms. The first-order valence-corrected chi connectivity index (χ1v) is 5.46. The summed E-state index contributed by atoms with van der Waals surface area (Å²) >= 11 is 0. The van der Waals surface area contributed by atoms with Crippen molar-refractivity contribution in [2.45, 2.75) is 32.6 Å². The van der Waals surface area contributed by atoms with Gasteiger partial charge in [-0.2, -0.15) is 0 Å². The first kappa shape index (κ1) is 10.9. The first-order chi connectivity index (χ1) is 7.53. The van der Waals surface area contributed by atoms with Gasteiger partial charge in [0.25, 0.3) is 0 Å². The minimum Gasteiger partial charge on any atom is -0.498 e. The van der Waals surface area contributed by atoms with E-state index in [1.165, 1.54) is 0 Å². The predicted octanol–water partition coefficient (Wildman–Crippen LogP) is 1.83. The highest BCUT2D eigenvalue weighted by atomic mass is 16.5. The van der Waals surface area contributed by atoms with Gasteiger partial charge in [0.1, 0.15) is 0 Å². The van der Waals surface area contributed by atoms with E-state index in [1.807, 2.05) is 13.0 Å². The van der Waals surface area contributed by atoms with Crippen LogP contribution in [0.3, 0.4) is 0 Å². The zero-order chi connectivity index (χ0) is 11.8. The van der Waals surface area contributed by atoms with Crippen LogP contribution in [-0.2, 0) is 10.2 Å². The molecule has 2 rings (SSSR count). The number of aromatic amines is 1. The van der Waals surface area contributed by atoms with Gasteiger partial charge >= 0.3 is 5.69 Å². The number of hydrogen-bond acceptors (Lipinski definition) is 3. The molecule has 1 heterocycles. The van der Waals surface area contributed by atoms with E-state index < -0.39 is 0 Å². The number of H-pyrrole nitrogens is 1. The second-order valence-corrected chi connectivity index (χ2v) is 4.62. The van der Waals surface area contributed by atoms with Crippen molar-refractivity contribution in [3.05, 3.63) is 33.7 Å². The molecule has 0 amide bonds. The maximum absolute atomic E-state index is 11.2. The van der Waals surface area contributed by atoms with Gasteiger partial charge in [0.05, 0.1) is 18.1 Å². The zero-order valence-electron chi connectivity index (χ0n) is 9.83. The summed E-state index contributed by atoms with van der Waals surface area (Å²) in [5.41, 5.74) is 1.52. The highest BCUT2D eigenvalue weighted by Crippen LogP contribution is 2.36. The van der Waals surface area contributed by atoms with E-state index in [1.54, 1.807) is 6.20 Å². The molecule has 0 atom stereocenters. The molecular weight excluding hydrogens is 204 g/mol. The number of fused-ring (bicyclic) bond motifs is 1. The molecule has 1 aliphatic rings. The van der Waals surface area contributed by atoms with Crippen LogP contribution in [0.1, 0.15) is 38.4 Å². The van der Waals surface area contributed by atoms with Crippen LogP contribution in [0.4, 0.5) is 0 Å². The normalized spacial score (nSPS) is 17.6. The van der Waals surface area contributed by atoms with Gasteiger partial charge in [0.2, 0.25) is 0 Å². The molecule has 0 unspecified atom stereocenters. The van der Waals surface area contributed by atoms with Crippen LogP contribution in [0.2, 0.25) is 0 Å². The maximum Gasteiger partial charge on any atom is 0.345 e. The summed E-state index contributed by atoms with van der Waals surface area (Å²) in [5, 5.41) is 0. The third-order valence-electron chi connectivity index (χ3n) is 2.82. The summed E-state index contributed by atoms with van der Waals surface area (Å²) in [5.74, 6) is 0.918. The zero-order valence-corrected chi connectivity index (χ0v) is 9.83. The van der Waals surface area contributed by atoms with Gasteiger partial charge in [0.15, 0.2) is 0 Å². The standard InChI is InChI=1S/C12H16N2O2/c1-4-16-8-5-10-9(12(2,3)6-8)7-13-11(15)14-10/h5,7H,4,6H2,1-3H3,(H,13,14,15). The largest absolute Gasteiger partial charge is 0.498 e. The molecule has 1 aromatic rings. The molecule has 16 heavy (non-hydrogen) atoms. The molecule has 1 aromatic heterocycles. The summed E-state index contributed by atoms with van der Waals surface area (Å²) in [6.45, 7) is 6.85. The smallest absolute Gasteiger partial charge is 0.345 e. The van der Waals surface area contributed by atoms with E-state index in [4.69, 9.17) is 4.74 Å².